The van der Waals surface area contributed by atoms with Crippen molar-refractivity contribution in [2.45, 2.75) is 20.4 Å². The Hall–Kier alpha value is -2.67. The molecule has 0 bridgehead atoms. The fourth-order valence-corrected chi connectivity index (χ4v) is 2.95. The largest absolute Gasteiger partial charge is 0.494 e. The summed E-state index contributed by atoms with van der Waals surface area (Å²) in [5.41, 5.74) is 2.49. The maximum Gasteiger partial charge on any atom is 0.244 e. The molecule has 0 fully saturated rings. The van der Waals surface area contributed by atoms with Crippen molar-refractivity contribution in [3.8, 4) is 16.5 Å². The molecule has 0 radical (unpaired) electrons. The number of imidazole rings is 1. The minimum atomic E-state index is -0.113. The first-order valence-corrected chi connectivity index (χ1v) is 8.49. The number of ether oxygens (including phenoxy) is 1. The molecule has 2 aromatic heterocycles. The standard InChI is InChI=1S/C17H18N4O2S/c1-3-23-14-6-4-13(5-7-14)20-16(22)9-21-8-15(18-11-21)17-19-12(2)10-24-17/h4-8,10-11H,3,9H2,1-2H3,(H,20,22). The third-order valence-corrected chi connectivity index (χ3v) is 4.23. The molecule has 3 rings (SSSR count). The van der Waals surface area contributed by atoms with Crippen molar-refractivity contribution in [1.82, 2.24) is 14.5 Å². The number of nitrogens with zero attached hydrogens (tertiary/aromatic N) is 3. The Bertz CT molecular complexity index is 823. The smallest absolute Gasteiger partial charge is 0.244 e. The van der Waals surface area contributed by atoms with E-state index >= 15 is 0 Å². The molecule has 0 aliphatic heterocycles. The molecular weight excluding hydrogens is 324 g/mol. The number of carbonyl (C=O) groups excluding carboxylic acids is 1. The summed E-state index contributed by atoms with van der Waals surface area (Å²) in [6, 6.07) is 7.31. The highest BCUT2D eigenvalue weighted by molar-refractivity contribution is 7.13. The van der Waals surface area contributed by atoms with Crippen LogP contribution in [0.2, 0.25) is 0 Å². The third kappa shape index (κ3) is 3.99. The number of thiazole rings is 1. The number of amides is 1. The van der Waals surface area contributed by atoms with E-state index in [4.69, 9.17) is 4.74 Å². The first-order chi connectivity index (χ1) is 11.6. The number of hydrogen-bond donors (Lipinski definition) is 1. The first kappa shape index (κ1) is 16.2. The molecule has 0 saturated heterocycles. The molecule has 0 atom stereocenters. The predicted molar refractivity (Wildman–Crippen MR) is 94.3 cm³/mol. The van der Waals surface area contributed by atoms with Crippen molar-refractivity contribution in [1.29, 1.82) is 0 Å². The van der Waals surface area contributed by atoms with Crippen molar-refractivity contribution in [3.63, 3.8) is 0 Å². The second-order valence-electron chi connectivity index (χ2n) is 5.23. The summed E-state index contributed by atoms with van der Waals surface area (Å²) in [5, 5.41) is 5.70. The Morgan fingerprint density at radius 2 is 2.12 bits per heavy atom. The zero-order chi connectivity index (χ0) is 16.9. The van der Waals surface area contributed by atoms with Crippen LogP contribution in [0.1, 0.15) is 12.6 Å². The minimum Gasteiger partial charge on any atom is -0.494 e. The van der Waals surface area contributed by atoms with Crippen LogP contribution in [0, 0.1) is 6.92 Å². The molecule has 6 nitrogen and oxygen atoms in total. The normalized spacial score (nSPS) is 10.6. The molecule has 0 saturated carbocycles. The summed E-state index contributed by atoms with van der Waals surface area (Å²) in [6.07, 6.45) is 3.47. The lowest BCUT2D eigenvalue weighted by atomic mass is 10.3. The second kappa shape index (κ2) is 7.27. The lowest BCUT2D eigenvalue weighted by molar-refractivity contribution is -0.116. The summed E-state index contributed by atoms with van der Waals surface area (Å²) in [5.74, 6) is 0.673. The highest BCUT2D eigenvalue weighted by Gasteiger charge is 2.09. The number of nitrogens with one attached hydrogen (secondary N) is 1. The number of anilines is 1. The van der Waals surface area contributed by atoms with Crippen LogP contribution in [0.3, 0.4) is 0 Å². The number of aromatic nitrogens is 3. The van der Waals surface area contributed by atoms with Crippen LogP contribution in [0.15, 0.2) is 42.2 Å². The van der Waals surface area contributed by atoms with Gasteiger partial charge in [-0.2, -0.15) is 0 Å². The quantitative estimate of drug-likeness (QED) is 0.746. The van der Waals surface area contributed by atoms with E-state index in [9.17, 15) is 4.79 Å². The zero-order valence-corrected chi connectivity index (χ0v) is 14.3. The SMILES string of the molecule is CCOc1ccc(NC(=O)Cn2cnc(-c3nc(C)cs3)c2)cc1. The van der Waals surface area contributed by atoms with E-state index in [0.717, 1.165) is 27.8 Å². The van der Waals surface area contributed by atoms with Crippen molar-refractivity contribution in [2.24, 2.45) is 0 Å². The van der Waals surface area contributed by atoms with Gasteiger partial charge in [-0.15, -0.1) is 11.3 Å². The first-order valence-electron chi connectivity index (χ1n) is 7.61. The van der Waals surface area contributed by atoms with Crippen molar-refractivity contribution in [2.75, 3.05) is 11.9 Å². The van der Waals surface area contributed by atoms with E-state index in [1.807, 2.05) is 49.7 Å². The van der Waals surface area contributed by atoms with Gasteiger partial charge in [-0.3, -0.25) is 4.79 Å². The maximum atomic E-state index is 12.1. The summed E-state index contributed by atoms with van der Waals surface area (Å²) in [6.45, 7) is 4.70. The molecular formula is C17H18N4O2S. The Kier molecular flexibility index (Phi) is 4.90. The molecule has 7 heteroatoms. The predicted octanol–water partition coefficient (Wildman–Crippen LogP) is 3.35. The lowest BCUT2D eigenvalue weighted by Gasteiger charge is -2.07. The fourth-order valence-electron chi connectivity index (χ4n) is 2.20. The van der Waals surface area contributed by atoms with E-state index in [0.29, 0.717) is 6.61 Å². The molecule has 0 aliphatic carbocycles. The van der Waals surface area contributed by atoms with Gasteiger partial charge in [-0.1, -0.05) is 0 Å². The number of hydrogen-bond acceptors (Lipinski definition) is 5. The highest BCUT2D eigenvalue weighted by Crippen LogP contribution is 2.21. The van der Waals surface area contributed by atoms with Gasteiger partial charge in [0.05, 0.1) is 12.9 Å². The molecule has 0 aliphatic rings. The van der Waals surface area contributed by atoms with Crippen LogP contribution in [-0.2, 0) is 11.3 Å². The van der Waals surface area contributed by atoms with Gasteiger partial charge in [0.25, 0.3) is 0 Å². The second-order valence-corrected chi connectivity index (χ2v) is 6.09. The lowest BCUT2D eigenvalue weighted by Crippen LogP contribution is -2.17. The van der Waals surface area contributed by atoms with Crippen LogP contribution in [0.5, 0.6) is 5.75 Å². The molecule has 24 heavy (non-hydrogen) atoms. The Morgan fingerprint density at radius 3 is 2.79 bits per heavy atom. The van der Waals surface area contributed by atoms with Gasteiger partial charge in [-0.05, 0) is 38.1 Å². The number of benzene rings is 1. The summed E-state index contributed by atoms with van der Waals surface area (Å²) < 4.78 is 7.12. The summed E-state index contributed by atoms with van der Waals surface area (Å²) >= 11 is 1.54. The monoisotopic (exact) mass is 342 g/mol. The van der Waals surface area contributed by atoms with Crippen LogP contribution >= 0.6 is 11.3 Å². The highest BCUT2D eigenvalue weighted by atomic mass is 32.1. The van der Waals surface area contributed by atoms with Crippen LogP contribution in [0.4, 0.5) is 5.69 Å². The fraction of sp³-hybridized carbons (Fsp3) is 0.235. The number of aryl methyl sites for hydroxylation is 1. The van der Waals surface area contributed by atoms with Crippen LogP contribution in [-0.4, -0.2) is 27.0 Å². The molecule has 1 amide bonds. The van der Waals surface area contributed by atoms with E-state index < -0.39 is 0 Å². The zero-order valence-electron chi connectivity index (χ0n) is 13.5. The number of carbonyl (C=O) groups is 1. The van der Waals surface area contributed by atoms with E-state index in [2.05, 4.69) is 15.3 Å². The van der Waals surface area contributed by atoms with Gasteiger partial charge in [0.2, 0.25) is 5.91 Å². The molecule has 0 spiro atoms. The minimum absolute atomic E-state index is 0.113. The van der Waals surface area contributed by atoms with Gasteiger partial charge in [0.15, 0.2) is 0 Å². The Morgan fingerprint density at radius 1 is 1.33 bits per heavy atom. The Labute approximate surface area is 144 Å². The molecule has 3 aromatic rings. The van der Waals surface area contributed by atoms with Gasteiger partial charge >= 0.3 is 0 Å². The topological polar surface area (TPSA) is 69.0 Å². The van der Waals surface area contributed by atoms with E-state index in [1.54, 1.807) is 22.2 Å². The average Bonchev–Trinajstić information content (AvgIpc) is 3.18. The van der Waals surface area contributed by atoms with Crippen molar-refractivity contribution >= 4 is 22.9 Å². The van der Waals surface area contributed by atoms with Gasteiger partial charge in [0.1, 0.15) is 23.0 Å². The third-order valence-electron chi connectivity index (χ3n) is 3.25. The molecule has 124 valence electrons. The molecule has 0 unspecified atom stereocenters. The van der Waals surface area contributed by atoms with Gasteiger partial charge < -0.3 is 14.6 Å². The Balaban J connectivity index is 1.59. The van der Waals surface area contributed by atoms with E-state index in [1.165, 1.54) is 0 Å². The van der Waals surface area contributed by atoms with E-state index in [-0.39, 0.29) is 12.5 Å². The summed E-state index contributed by atoms with van der Waals surface area (Å²) in [4.78, 5) is 20.8. The van der Waals surface area contributed by atoms with Crippen molar-refractivity contribution in [3.05, 3.63) is 47.9 Å². The van der Waals surface area contributed by atoms with Crippen molar-refractivity contribution < 1.29 is 9.53 Å². The maximum absolute atomic E-state index is 12.1. The van der Waals surface area contributed by atoms with Crippen LogP contribution in [0.25, 0.3) is 10.7 Å². The molecule has 2 heterocycles. The summed E-state index contributed by atoms with van der Waals surface area (Å²) in [7, 11) is 0. The van der Waals surface area contributed by atoms with Gasteiger partial charge in [0, 0.05) is 23.0 Å². The van der Waals surface area contributed by atoms with Gasteiger partial charge in [-0.25, -0.2) is 9.97 Å². The molecule has 1 aromatic carbocycles. The molecule has 1 N–H and O–H groups in total. The average molecular weight is 342 g/mol. The van der Waals surface area contributed by atoms with Crippen LogP contribution < -0.4 is 10.1 Å². The number of rotatable bonds is 6.